The number of aryl methyl sites for hydroxylation is 1. The van der Waals surface area contributed by atoms with Crippen LogP contribution in [0.3, 0.4) is 0 Å². The molecule has 10 heteroatoms. The molecule has 0 unspecified atom stereocenters. The molecule has 1 fully saturated rings. The van der Waals surface area contributed by atoms with Crippen LogP contribution in [0.2, 0.25) is 0 Å². The summed E-state index contributed by atoms with van der Waals surface area (Å²) < 4.78 is 18.4. The molecule has 0 saturated carbocycles. The lowest BCUT2D eigenvalue weighted by molar-refractivity contribution is -0.140. The highest BCUT2D eigenvalue weighted by molar-refractivity contribution is 6.17. The van der Waals surface area contributed by atoms with Crippen molar-refractivity contribution < 1.29 is 23.8 Å². The molecule has 194 valence electrons. The van der Waals surface area contributed by atoms with Gasteiger partial charge in [-0.05, 0) is 38.1 Å². The van der Waals surface area contributed by atoms with Crippen molar-refractivity contribution in [3.05, 3.63) is 47.4 Å². The molecule has 2 aliphatic heterocycles. The van der Waals surface area contributed by atoms with E-state index in [4.69, 9.17) is 14.2 Å². The summed E-state index contributed by atoms with van der Waals surface area (Å²) in [7, 11) is 1.79. The summed E-state index contributed by atoms with van der Waals surface area (Å²) in [5.41, 5.74) is 1.41. The van der Waals surface area contributed by atoms with E-state index in [1.807, 2.05) is 13.8 Å². The molecule has 36 heavy (non-hydrogen) atoms. The zero-order valence-electron chi connectivity index (χ0n) is 21.7. The van der Waals surface area contributed by atoms with Gasteiger partial charge in [-0.2, -0.15) is 0 Å². The zero-order valence-corrected chi connectivity index (χ0v) is 21.7. The second kappa shape index (κ2) is 10.8. The standard InChI is InChI=1S/C26H35N5O5/c1-18(2)36-25(33)21-16-31(17-26(3,4)23-22(21)27-28-29(23)5)24(32)19-6-8-20(9-7-19)35-15-12-30-10-13-34-14-11-30/h6-9,16,18H,10-15,17H2,1-5H3. The predicted molar refractivity (Wildman–Crippen MR) is 133 cm³/mol. The molecule has 0 aliphatic carbocycles. The maximum absolute atomic E-state index is 13.5. The van der Waals surface area contributed by atoms with E-state index in [-0.39, 0.29) is 17.6 Å². The predicted octanol–water partition coefficient (Wildman–Crippen LogP) is 2.25. The minimum atomic E-state index is -0.536. The molecule has 0 bridgehead atoms. The summed E-state index contributed by atoms with van der Waals surface area (Å²) in [6, 6.07) is 7.09. The number of ether oxygens (including phenoxy) is 3. The number of fused-ring (bicyclic) bond motifs is 1. The second-order valence-corrected chi connectivity index (χ2v) is 10.1. The Labute approximate surface area is 211 Å². The van der Waals surface area contributed by atoms with Gasteiger partial charge in [0.2, 0.25) is 0 Å². The molecular formula is C26H35N5O5. The number of morpholine rings is 1. The van der Waals surface area contributed by atoms with E-state index in [0.29, 0.717) is 30.2 Å². The van der Waals surface area contributed by atoms with Crippen molar-refractivity contribution in [1.82, 2.24) is 24.8 Å². The Morgan fingerprint density at radius 3 is 2.50 bits per heavy atom. The van der Waals surface area contributed by atoms with Crippen LogP contribution in [-0.2, 0) is 26.7 Å². The van der Waals surface area contributed by atoms with E-state index in [9.17, 15) is 9.59 Å². The quantitative estimate of drug-likeness (QED) is 0.537. The molecule has 10 nitrogen and oxygen atoms in total. The first-order chi connectivity index (χ1) is 17.2. The zero-order chi connectivity index (χ0) is 25.9. The van der Waals surface area contributed by atoms with Crippen molar-refractivity contribution in [2.24, 2.45) is 7.05 Å². The lowest BCUT2D eigenvalue weighted by Gasteiger charge is -2.29. The minimum absolute atomic E-state index is 0.216. The Hall–Kier alpha value is -3.24. The Morgan fingerprint density at radius 1 is 1.14 bits per heavy atom. The topological polar surface area (TPSA) is 99.0 Å². The molecule has 1 saturated heterocycles. The van der Waals surface area contributed by atoms with Gasteiger partial charge in [-0.3, -0.25) is 14.4 Å². The Bertz CT molecular complexity index is 1120. The average molecular weight is 498 g/mol. The Balaban J connectivity index is 1.51. The van der Waals surface area contributed by atoms with E-state index in [1.165, 1.54) is 0 Å². The lowest BCUT2D eigenvalue weighted by Crippen LogP contribution is -2.38. The fraction of sp³-hybridized carbons (Fsp3) is 0.538. The monoisotopic (exact) mass is 497 g/mol. The molecule has 0 spiro atoms. The van der Waals surface area contributed by atoms with E-state index < -0.39 is 11.4 Å². The van der Waals surface area contributed by atoms with E-state index in [0.717, 1.165) is 38.5 Å². The molecule has 1 amide bonds. The number of rotatable bonds is 7. The molecule has 1 aromatic heterocycles. The molecule has 0 N–H and O–H groups in total. The van der Waals surface area contributed by atoms with Gasteiger partial charge in [0.05, 0.1) is 25.0 Å². The van der Waals surface area contributed by atoms with Crippen molar-refractivity contribution in [3.63, 3.8) is 0 Å². The minimum Gasteiger partial charge on any atom is -0.492 e. The third-order valence-electron chi connectivity index (χ3n) is 6.28. The normalized spacial score (nSPS) is 17.8. The molecule has 2 aliphatic rings. The van der Waals surface area contributed by atoms with Gasteiger partial charge in [0.15, 0.2) is 0 Å². The molecule has 4 rings (SSSR count). The van der Waals surface area contributed by atoms with Gasteiger partial charge in [-0.1, -0.05) is 19.1 Å². The number of benzene rings is 1. The highest BCUT2D eigenvalue weighted by Gasteiger charge is 2.38. The van der Waals surface area contributed by atoms with Gasteiger partial charge in [-0.15, -0.1) is 5.10 Å². The third-order valence-corrected chi connectivity index (χ3v) is 6.28. The van der Waals surface area contributed by atoms with E-state index in [1.54, 1.807) is 60.9 Å². The lowest BCUT2D eigenvalue weighted by atomic mass is 9.86. The van der Waals surface area contributed by atoms with Gasteiger partial charge in [0.1, 0.15) is 23.6 Å². The van der Waals surface area contributed by atoms with Gasteiger partial charge >= 0.3 is 5.97 Å². The van der Waals surface area contributed by atoms with Crippen molar-refractivity contribution in [2.45, 2.75) is 39.2 Å². The van der Waals surface area contributed by atoms with Crippen molar-refractivity contribution >= 4 is 17.4 Å². The van der Waals surface area contributed by atoms with Crippen LogP contribution in [0, 0.1) is 0 Å². The van der Waals surface area contributed by atoms with Crippen molar-refractivity contribution in [3.8, 4) is 5.75 Å². The average Bonchev–Trinajstić information content (AvgIpc) is 3.18. The Morgan fingerprint density at radius 2 is 1.83 bits per heavy atom. The number of aromatic nitrogens is 3. The van der Waals surface area contributed by atoms with Crippen LogP contribution in [0.5, 0.6) is 5.75 Å². The molecular weight excluding hydrogens is 462 g/mol. The van der Waals surface area contributed by atoms with E-state index in [2.05, 4.69) is 15.2 Å². The van der Waals surface area contributed by atoms with Crippen LogP contribution in [0.25, 0.3) is 5.57 Å². The number of hydrogen-bond donors (Lipinski definition) is 0. The summed E-state index contributed by atoms with van der Waals surface area (Å²) in [5, 5.41) is 8.37. The summed E-state index contributed by atoms with van der Waals surface area (Å²) in [6.07, 6.45) is 1.23. The van der Waals surface area contributed by atoms with Gasteiger partial charge < -0.3 is 19.1 Å². The first kappa shape index (κ1) is 25.8. The van der Waals surface area contributed by atoms with Crippen LogP contribution < -0.4 is 4.74 Å². The number of amides is 1. The fourth-order valence-electron chi connectivity index (χ4n) is 4.59. The van der Waals surface area contributed by atoms with Crippen LogP contribution in [0.15, 0.2) is 30.5 Å². The first-order valence-electron chi connectivity index (χ1n) is 12.3. The number of nitrogens with zero attached hydrogens (tertiary/aromatic N) is 5. The fourth-order valence-corrected chi connectivity index (χ4v) is 4.59. The van der Waals surface area contributed by atoms with Crippen LogP contribution in [0.1, 0.15) is 49.4 Å². The largest absolute Gasteiger partial charge is 0.492 e. The van der Waals surface area contributed by atoms with E-state index >= 15 is 0 Å². The summed E-state index contributed by atoms with van der Waals surface area (Å²) in [6.45, 7) is 12.7. The summed E-state index contributed by atoms with van der Waals surface area (Å²) in [4.78, 5) is 30.4. The van der Waals surface area contributed by atoms with Crippen LogP contribution >= 0.6 is 0 Å². The van der Waals surface area contributed by atoms with Gasteiger partial charge in [0, 0.05) is 50.4 Å². The molecule has 0 radical (unpaired) electrons. The van der Waals surface area contributed by atoms with Crippen LogP contribution in [-0.4, -0.2) is 88.8 Å². The summed E-state index contributed by atoms with van der Waals surface area (Å²) in [5.74, 6) is -0.0553. The molecule has 3 heterocycles. The highest BCUT2D eigenvalue weighted by Crippen LogP contribution is 2.34. The highest BCUT2D eigenvalue weighted by atomic mass is 16.5. The first-order valence-corrected chi connectivity index (χ1v) is 12.3. The Kier molecular flexibility index (Phi) is 7.75. The van der Waals surface area contributed by atoms with Gasteiger partial charge in [0.25, 0.3) is 5.91 Å². The van der Waals surface area contributed by atoms with Gasteiger partial charge in [-0.25, -0.2) is 4.79 Å². The molecule has 1 aromatic carbocycles. The smallest absolute Gasteiger partial charge is 0.342 e. The number of carbonyl (C=O) groups excluding carboxylic acids is 2. The SMILES string of the molecule is CC(C)OC(=O)C1=CN(C(=O)c2ccc(OCCN3CCOCC3)cc2)CC(C)(C)c2c1nnn2C. The van der Waals surface area contributed by atoms with Crippen molar-refractivity contribution in [1.29, 1.82) is 0 Å². The number of carbonyl (C=O) groups is 2. The van der Waals surface area contributed by atoms with Crippen LogP contribution in [0.4, 0.5) is 0 Å². The number of esters is 1. The van der Waals surface area contributed by atoms with Crippen molar-refractivity contribution in [2.75, 3.05) is 46.0 Å². The molecule has 2 aromatic rings. The third kappa shape index (κ3) is 5.76. The molecule has 0 atom stereocenters. The maximum atomic E-state index is 13.5. The maximum Gasteiger partial charge on any atom is 0.342 e. The summed E-state index contributed by atoms with van der Waals surface area (Å²) >= 11 is 0. The number of hydrogen-bond acceptors (Lipinski definition) is 8. The second-order valence-electron chi connectivity index (χ2n) is 10.1.